The van der Waals surface area contributed by atoms with Crippen molar-refractivity contribution in [3.8, 4) is 0 Å². The van der Waals surface area contributed by atoms with Gasteiger partial charge >= 0.3 is 5.97 Å². The Morgan fingerprint density at radius 1 is 1.33 bits per heavy atom. The van der Waals surface area contributed by atoms with Crippen molar-refractivity contribution in [2.45, 2.75) is 71.1 Å². The van der Waals surface area contributed by atoms with Gasteiger partial charge in [0.2, 0.25) is 5.89 Å². The number of rotatable bonds is 6. The van der Waals surface area contributed by atoms with Gasteiger partial charge in [-0.3, -0.25) is 4.79 Å². The molecule has 1 aromatic heterocycles. The van der Waals surface area contributed by atoms with Crippen molar-refractivity contribution in [3.63, 3.8) is 0 Å². The van der Waals surface area contributed by atoms with Gasteiger partial charge in [-0.25, -0.2) is 0 Å². The van der Waals surface area contributed by atoms with Gasteiger partial charge in [-0.15, -0.1) is 0 Å². The molecule has 0 amide bonds. The highest BCUT2D eigenvalue weighted by atomic mass is 16.5. The minimum absolute atomic E-state index is 0.250. The van der Waals surface area contributed by atoms with Crippen LogP contribution in [0.15, 0.2) is 4.52 Å². The number of carboxylic acids is 1. The van der Waals surface area contributed by atoms with Crippen LogP contribution in [-0.4, -0.2) is 21.2 Å². The molecule has 0 saturated heterocycles. The molecule has 21 heavy (non-hydrogen) atoms. The number of aliphatic carboxylic acids is 1. The SMILES string of the molecule is CCCC1CCC(c2noc(C(C)C(C)C(=O)O)n2)CC1. The first kappa shape index (κ1) is 16.0. The van der Waals surface area contributed by atoms with E-state index in [0.29, 0.717) is 11.8 Å². The Bertz CT molecular complexity index is 464. The Morgan fingerprint density at radius 3 is 2.57 bits per heavy atom. The van der Waals surface area contributed by atoms with Crippen molar-refractivity contribution >= 4 is 5.97 Å². The molecule has 0 spiro atoms. The molecule has 1 fully saturated rings. The summed E-state index contributed by atoms with van der Waals surface area (Å²) in [5.41, 5.74) is 0. The summed E-state index contributed by atoms with van der Waals surface area (Å²) in [4.78, 5) is 15.5. The van der Waals surface area contributed by atoms with Gasteiger partial charge in [-0.2, -0.15) is 4.98 Å². The van der Waals surface area contributed by atoms with Gasteiger partial charge in [0.05, 0.1) is 5.92 Å². The summed E-state index contributed by atoms with van der Waals surface area (Å²) in [6, 6.07) is 0. The van der Waals surface area contributed by atoms with Crippen molar-refractivity contribution in [2.75, 3.05) is 0 Å². The summed E-state index contributed by atoms with van der Waals surface area (Å²) in [5, 5.41) is 13.2. The Kier molecular flexibility index (Phi) is 5.37. The molecule has 1 heterocycles. The average Bonchev–Trinajstić information content (AvgIpc) is 2.96. The largest absolute Gasteiger partial charge is 0.481 e. The van der Waals surface area contributed by atoms with E-state index in [-0.39, 0.29) is 5.92 Å². The Hall–Kier alpha value is -1.39. The molecule has 1 saturated carbocycles. The zero-order valence-electron chi connectivity index (χ0n) is 13.2. The van der Waals surface area contributed by atoms with Crippen LogP contribution in [0.4, 0.5) is 0 Å². The number of carbonyl (C=O) groups is 1. The van der Waals surface area contributed by atoms with Gasteiger partial charge in [0.1, 0.15) is 0 Å². The molecule has 1 N–H and O–H groups in total. The van der Waals surface area contributed by atoms with Gasteiger partial charge < -0.3 is 9.63 Å². The second kappa shape index (κ2) is 7.05. The zero-order chi connectivity index (χ0) is 15.4. The second-order valence-electron chi connectivity index (χ2n) is 6.41. The fraction of sp³-hybridized carbons (Fsp3) is 0.812. The van der Waals surface area contributed by atoms with E-state index in [2.05, 4.69) is 17.1 Å². The topological polar surface area (TPSA) is 76.2 Å². The van der Waals surface area contributed by atoms with E-state index in [1.165, 1.54) is 25.7 Å². The van der Waals surface area contributed by atoms with Crippen LogP contribution < -0.4 is 0 Å². The van der Waals surface area contributed by atoms with E-state index in [0.717, 1.165) is 24.6 Å². The van der Waals surface area contributed by atoms with E-state index >= 15 is 0 Å². The summed E-state index contributed by atoms with van der Waals surface area (Å²) in [6.07, 6.45) is 7.29. The highest BCUT2D eigenvalue weighted by Crippen LogP contribution is 2.37. The lowest BCUT2D eigenvalue weighted by Gasteiger charge is -2.26. The lowest BCUT2D eigenvalue weighted by Crippen LogP contribution is -2.17. The molecule has 5 heteroatoms. The van der Waals surface area contributed by atoms with Crippen LogP contribution in [0.25, 0.3) is 0 Å². The summed E-state index contributed by atoms with van der Waals surface area (Å²) < 4.78 is 5.30. The third-order valence-electron chi connectivity index (χ3n) is 4.90. The third-order valence-corrected chi connectivity index (χ3v) is 4.90. The molecule has 2 unspecified atom stereocenters. The number of hydrogen-bond acceptors (Lipinski definition) is 4. The predicted molar refractivity (Wildman–Crippen MR) is 79.1 cm³/mol. The summed E-state index contributed by atoms with van der Waals surface area (Å²) in [7, 11) is 0. The maximum atomic E-state index is 11.0. The lowest BCUT2D eigenvalue weighted by molar-refractivity contribution is -0.141. The molecule has 2 rings (SSSR count). The van der Waals surface area contributed by atoms with Gasteiger partial charge in [-0.05, 0) is 31.6 Å². The fourth-order valence-corrected chi connectivity index (χ4v) is 3.14. The third kappa shape index (κ3) is 3.83. The normalized spacial score (nSPS) is 25.5. The van der Waals surface area contributed by atoms with Gasteiger partial charge in [0.25, 0.3) is 0 Å². The molecular formula is C16H26N2O3. The van der Waals surface area contributed by atoms with Crippen LogP contribution in [0.1, 0.15) is 82.8 Å². The van der Waals surface area contributed by atoms with Crippen molar-refractivity contribution in [3.05, 3.63) is 11.7 Å². The van der Waals surface area contributed by atoms with Crippen molar-refractivity contribution in [1.29, 1.82) is 0 Å². The smallest absolute Gasteiger partial charge is 0.307 e. The van der Waals surface area contributed by atoms with E-state index in [4.69, 9.17) is 9.63 Å². The lowest BCUT2D eigenvalue weighted by atomic mass is 9.80. The number of carboxylic acid groups (broad SMARTS) is 1. The summed E-state index contributed by atoms with van der Waals surface area (Å²) >= 11 is 0. The molecule has 0 bridgehead atoms. The van der Waals surface area contributed by atoms with E-state index in [1.54, 1.807) is 6.92 Å². The van der Waals surface area contributed by atoms with Gasteiger partial charge in [0.15, 0.2) is 5.82 Å². The van der Waals surface area contributed by atoms with E-state index in [1.807, 2.05) is 6.92 Å². The van der Waals surface area contributed by atoms with E-state index in [9.17, 15) is 4.79 Å². The molecule has 0 aromatic carbocycles. The van der Waals surface area contributed by atoms with Crippen LogP contribution in [0.3, 0.4) is 0 Å². The second-order valence-corrected chi connectivity index (χ2v) is 6.41. The standard InChI is InChI=1S/C16H26N2O3/c1-4-5-12-6-8-13(9-7-12)14-17-15(21-18-14)10(2)11(3)16(19)20/h10-13H,4-9H2,1-3H3,(H,19,20). The highest BCUT2D eigenvalue weighted by molar-refractivity contribution is 5.70. The highest BCUT2D eigenvalue weighted by Gasteiger charge is 2.29. The number of hydrogen-bond donors (Lipinski definition) is 1. The first-order valence-corrected chi connectivity index (χ1v) is 8.09. The summed E-state index contributed by atoms with van der Waals surface area (Å²) in [5.74, 6) is 0.854. The van der Waals surface area contributed by atoms with Crippen LogP contribution in [0, 0.1) is 11.8 Å². The van der Waals surface area contributed by atoms with E-state index < -0.39 is 11.9 Å². The fourth-order valence-electron chi connectivity index (χ4n) is 3.14. The molecule has 2 atom stereocenters. The molecule has 1 aliphatic carbocycles. The Labute approximate surface area is 126 Å². The zero-order valence-corrected chi connectivity index (χ0v) is 13.2. The summed E-state index contributed by atoms with van der Waals surface area (Å²) in [6.45, 7) is 5.74. The molecule has 1 aliphatic rings. The first-order chi connectivity index (χ1) is 10.0. The quantitative estimate of drug-likeness (QED) is 0.859. The minimum atomic E-state index is -0.831. The predicted octanol–water partition coefficient (Wildman–Crippen LogP) is 3.97. The van der Waals surface area contributed by atoms with Crippen molar-refractivity contribution < 1.29 is 14.4 Å². The molecule has 5 nitrogen and oxygen atoms in total. The molecule has 0 aliphatic heterocycles. The number of nitrogens with zero attached hydrogens (tertiary/aromatic N) is 2. The Balaban J connectivity index is 1.96. The van der Waals surface area contributed by atoms with Crippen LogP contribution >= 0.6 is 0 Å². The van der Waals surface area contributed by atoms with Crippen LogP contribution in [-0.2, 0) is 4.79 Å². The van der Waals surface area contributed by atoms with Gasteiger partial charge in [0, 0.05) is 11.8 Å². The van der Waals surface area contributed by atoms with Crippen molar-refractivity contribution in [2.24, 2.45) is 11.8 Å². The monoisotopic (exact) mass is 294 g/mol. The first-order valence-electron chi connectivity index (χ1n) is 8.09. The van der Waals surface area contributed by atoms with Crippen LogP contribution in [0.5, 0.6) is 0 Å². The van der Waals surface area contributed by atoms with Crippen molar-refractivity contribution in [1.82, 2.24) is 10.1 Å². The molecule has 1 aromatic rings. The Morgan fingerprint density at radius 2 is 2.00 bits per heavy atom. The molecular weight excluding hydrogens is 268 g/mol. The number of aromatic nitrogens is 2. The minimum Gasteiger partial charge on any atom is -0.481 e. The molecule has 0 radical (unpaired) electrons. The maximum absolute atomic E-state index is 11.0. The van der Waals surface area contributed by atoms with Crippen LogP contribution in [0.2, 0.25) is 0 Å². The molecule has 118 valence electrons. The average molecular weight is 294 g/mol. The van der Waals surface area contributed by atoms with Gasteiger partial charge in [-0.1, -0.05) is 38.8 Å². The maximum Gasteiger partial charge on any atom is 0.307 e.